The molecule has 1 nitrogen and oxygen atoms in total. The Labute approximate surface area is 88.5 Å². The molecule has 0 saturated carbocycles. The molecule has 76 valence electrons. The Morgan fingerprint density at radius 3 is 2.29 bits per heavy atom. The lowest BCUT2D eigenvalue weighted by Crippen LogP contribution is -2.36. The fourth-order valence-corrected chi connectivity index (χ4v) is 3.53. The molecule has 1 saturated heterocycles. The number of benzene rings is 1. The van der Waals surface area contributed by atoms with Crippen LogP contribution in [0.4, 0.5) is 0 Å². The summed E-state index contributed by atoms with van der Waals surface area (Å²) < 4.78 is 0. The molecule has 0 bridgehead atoms. The largest absolute Gasteiger partial charge is 0.385 e. The van der Waals surface area contributed by atoms with Crippen molar-refractivity contribution in [3.05, 3.63) is 35.9 Å². The summed E-state index contributed by atoms with van der Waals surface area (Å²) in [6.07, 6.45) is 4.15. The van der Waals surface area contributed by atoms with E-state index in [2.05, 4.69) is 6.26 Å². The zero-order valence-electron chi connectivity index (χ0n) is 8.57. The van der Waals surface area contributed by atoms with Crippen molar-refractivity contribution in [3.63, 3.8) is 0 Å². The van der Waals surface area contributed by atoms with Crippen molar-refractivity contribution >= 4 is 10.9 Å². The first kappa shape index (κ1) is 10.1. The maximum Gasteiger partial charge on any atom is 0.111 e. The molecule has 1 aliphatic heterocycles. The van der Waals surface area contributed by atoms with Crippen molar-refractivity contribution in [1.29, 1.82) is 0 Å². The minimum Gasteiger partial charge on any atom is -0.385 e. The van der Waals surface area contributed by atoms with E-state index in [9.17, 15) is 5.11 Å². The monoisotopic (exact) mass is 209 g/mol. The van der Waals surface area contributed by atoms with Gasteiger partial charge in [0.2, 0.25) is 0 Å². The van der Waals surface area contributed by atoms with Crippen molar-refractivity contribution in [2.45, 2.75) is 18.4 Å². The normalized spacial score (nSPS) is 32.9. The SMILES string of the molecule is C[S+]1CCC(O)(c2ccccc2)CC1. The van der Waals surface area contributed by atoms with E-state index in [1.54, 1.807) is 0 Å². The molecular formula is C12H17OS+. The van der Waals surface area contributed by atoms with Gasteiger partial charge >= 0.3 is 0 Å². The summed E-state index contributed by atoms with van der Waals surface area (Å²) in [5.41, 5.74) is 0.553. The molecule has 1 fully saturated rings. The van der Waals surface area contributed by atoms with Crippen LogP contribution in [0, 0.1) is 0 Å². The van der Waals surface area contributed by atoms with E-state index in [-0.39, 0.29) is 0 Å². The van der Waals surface area contributed by atoms with E-state index in [4.69, 9.17) is 0 Å². The number of aliphatic hydroxyl groups is 1. The van der Waals surface area contributed by atoms with Crippen molar-refractivity contribution in [2.75, 3.05) is 17.8 Å². The van der Waals surface area contributed by atoms with Gasteiger partial charge in [-0.1, -0.05) is 30.3 Å². The first-order valence-electron chi connectivity index (χ1n) is 5.08. The van der Waals surface area contributed by atoms with Gasteiger partial charge in [-0.25, -0.2) is 0 Å². The highest BCUT2D eigenvalue weighted by Crippen LogP contribution is 2.33. The van der Waals surface area contributed by atoms with Gasteiger partial charge < -0.3 is 5.11 Å². The molecule has 0 spiro atoms. The Hall–Kier alpha value is -0.470. The zero-order valence-corrected chi connectivity index (χ0v) is 9.39. The molecule has 1 N–H and O–H groups in total. The molecule has 0 radical (unpaired) electrons. The van der Waals surface area contributed by atoms with Crippen LogP contribution in [0.15, 0.2) is 30.3 Å². The highest BCUT2D eigenvalue weighted by Gasteiger charge is 2.37. The first-order chi connectivity index (χ1) is 6.71. The molecule has 0 aromatic heterocycles. The van der Waals surface area contributed by atoms with Crippen LogP contribution < -0.4 is 0 Å². The van der Waals surface area contributed by atoms with Gasteiger partial charge in [-0.3, -0.25) is 0 Å². The lowest BCUT2D eigenvalue weighted by molar-refractivity contribution is 0.0275. The van der Waals surface area contributed by atoms with Crippen LogP contribution in [0.2, 0.25) is 0 Å². The average Bonchev–Trinajstić information content (AvgIpc) is 2.24. The Kier molecular flexibility index (Phi) is 2.84. The van der Waals surface area contributed by atoms with Crippen LogP contribution in [0.25, 0.3) is 0 Å². The van der Waals surface area contributed by atoms with E-state index in [1.807, 2.05) is 30.3 Å². The fourth-order valence-electron chi connectivity index (χ4n) is 1.95. The molecule has 1 aromatic rings. The summed E-state index contributed by atoms with van der Waals surface area (Å²) in [6, 6.07) is 10.1. The smallest absolute Gasteiger partial charge is 0.111 e. The van der Waals surface area contributed by atoms with Gasteiger partial charge in [0.15, 0.2) is 0 Å². The van der Waals surface area contributed by atoms with Crippen molar-refractivity contribution in [3.8, 4) is 0 Å². The zero-order chi connectivity index (χ0) is 10.0. The molecule has 1 aromatic carbocycles. The lowest BCUT2D eigenvalue weighted by Gasteiger charge is -2.31. The summed E-state index contributed by atoms with van der Waals surface area (Å²) in [4.78, 5) is 0. The van der Waals surface area contributed by atoms with Crippen LogP contribution in [-0.4, -0.2) is 22.9 Å². The first-order valence-corrected chi connectivity index (χ1v) is 7.05. The van der Waals surface area contributed by atoms with Crippen LogP contribution in [0.1, 0.15) is 18.4 Å². The third-order valence-electron chi connectivity index (χ3n) is 3.04. The average molecular weight is 209 g/mol. The molecule has 0 unspecified atom stereocenters. The van der Waals surface area contributed by atoms with E-state index >= 15 is 0 Å². The van der Waals surface area contributed by atoms with E-state index in [1.165, 1.54) is 11.5 Å². The van der Waals surface area contributed by atoms with Crippen LogP contribution in [0.3, 0.4) is 0 Å². The Morgan fingerprint density at radius 2 is 1.71 bits per heavy atom. The molecule has 14 heavy (non-hydrogen) atoms. The quantitative estimate of drug-likeness (QED) is 0.701. The third kappa shape index (κ3) is 1.96. The molecule has 0 atom stereocenters. The maximum absolute atomic E-state index is 10.5. The van der Waals surface area contributed by atoms with Gasteiger partial charge in [-0.05, 0) is 16.5 Å². The van der Waals surface area contributed by atoms with Crippen LogP contribution >= 0.6 is 0 Å². The Morgan fingerprint density at radius 1 is 1.14 bits per heavy atom. The van der Waals surface area contributed by atoms with Gasteiger partial charge in [0.1, 0.15) is 11.5 Å². The van der Waals surface area contributed by atoms with Gasteiger partial charge in [0, 0.05) is 12.8 Å². The van der Waals surface area contributed by atoms with E-state index < -0.39 is 5.60 Å². The van der Waals surface area contributed by atoms with E-state index in [0.29, 0.717) is 10.9 Å². The molecule has 1 heterocycles. The minimum atomic E-state index is -0.541. The van der Waals surface area contributed by atoms with Gasteiger partial charge in [0.25, 0.3) is 0 Å². The summed E-state index contributed by atoms with van der Waals surface area (Å²) in [5.74, 6) is 2.34. The van der Waals surface area contributed by atoms with Gasteiger partial charge in [-0.2, -0.15) is 0 Å². The van der Waals surface area contributed by atoms with Crippen LogP contribution in [-0.2, 0) is 16.5 Å². The highest BCUT2D eigenvalue weighted by atomic mass is 32.2. The van der Waals surface area contributed by atoms with E-state index in [0.717, 1.165) is 18.4 Å². The highest BCUT2D eigenvalue weighted by molar-refractivity contribution is 7.96. The predicted octanol–water partition coefficient (Wildman–Crippen LogP) is 1.92. The van der Waals surface area contributed by atoms with Crippen LogP contribution in [0.5, 0.6) is 0 Å². The minimum absolute atomic E-state index is 0.529. The molecule has 0 aliphatic carbocycles. The second-order valence-corrected chi connectivity index (χ2v) is 6.47. The Balaban J connectivity index is 2.17. The molecule has 1 aliphatic rings. The topological polar surface area (TPSA) is 20.2 Å². The number of hydrogen-bond acceptors (Lipinski definition) is 1. The molecular weight excluding hydrogens is 192 g/mol. The summed E-state index contributed by atoms with van der Waals surface area (Å²) in [7, 11) is 0.529. The van der Waals surface area contributed by atoms with Crippen molar-refractivity contribution in [1.82, 2.24) is 0 Å². The second kappa shape index (κ2) is 3.95. The maximum atomic E-state index is 10.5. The molecule has 0 amide bonds. The number of rotatable bonds is 1. The van der Waals surface area contributed by atoms with Gasteiger partial charge in [0.05, 0.1) is 11.9 Å². The van der Waals surface area contributed by atoms with Crippen molar-refractivity contribution in [2.24, 2.45) is 0 Å². The summed E-state index contributed by atoms with van der Waals surface area (Å²) >= 11 is 0. The summed E-state index contributed by atoms with van der Waals surface area (Å²) in [5, 5.41) is 10.5. The number of hydrogen-bond donors (Lipinski definition) is 1. The molecule has 2 rings (SSSR count). The Bertz CT molecular complexity index is 288. The predicted molar refractivity (Wildman–Crippen MR) is 62.6 cm³/mol. The summed E-state index contributed by atoms with van der Waals surface area (Å²) in [6.45, 7) is 0. The second-order valence-electron chi connectivity index (χ2n) is 4.09. The third-order valence-corrected chi connectivity index (χ3v) is 4.84. The molecule has 2 heteroatoms. The van der Waals surface area contributed by atoms with Crippen molar-refractivity contribution < 1.29 is 5.11 Å². The van der Waals surface area contributed by atoms with Gasteiger partial charge in [-0.15, -0.1) is 0 Å². The standard InChI is InChI=1S/C12H17OS/c1-14-9-7-12(13,8-10-14)11-5-3-2-4-6-11/h2-6,13H,7-10H2,1H3/q+1. The fraction of sp³-hybridized carbons (Fsp3) is 0.500. The lowest BCUT2D eigenvalue weighted by atomic mass is 9.88.